The number of carbonyl (C=O) groups excluding carboxylic acids is 2. The summed E-state index contributed by atoms with van der Waals surface area (Å²) in [6, 6.07) is 0. The van der Waals surface area contributed by atoms with Gasteiger partial charge in [0, 0.05) is 25.2 Å². The molecule has 0 unspecified atom stereocenters. The van der Waals surface area contributed by atoms with E-state index < -0.39 is 0 Å². The molecule has 0 aliphatic heterocycles. The molecule has 0 spiro atoms. The molecule has 0 amide bonds. The first-order chi connectivity index (χ1) is 13.7. The number of hydrogen-bond donors (Lipinski definition) is 0. The second kappa shape index (κ2) is 7.65. The maximum absolute atomic E-state index is 13.2. The number of carbonyl (C=O) groups is 2. The van der Waals surface area contributed by atoms with Crippen LogP contribution in [-0.2, 0) is 9.59 Å². The lowest BCUT2D eigenvalue weighted by atomic mass is 9.44. The molecule has 8 atom stereocenters. The molecule has 0 saturated heterocycles. The van der Waals surface area contributed by atoms with Gasteiger partial charge in [-0.2, -0.15) is 0 Å². The maximum atomic E-state index is 13.2. The van der Waals surface area contributed by atoms with Crippen LogP contribution in [0.25, 0.3) is 0 Å². The molecule has 4 saturated carbocycles. The number of ketones is 2. The fourth-order valence-corrected chi connectivity index (χ4v) is 8.44. The first kappa shape index (κ1) is 21.3. The van der Waals surface area contributed by atoms with Gasteiger partial charge < -0.3 is 0 Å². The zero-order chi connectivity index (χ0) is 21.0. The van der Waals surface area contributed by atoms with E-state index in [2.05, 4.69) is 46.8 Å². The number of allylic oxidation sites excluding steroid dienone is 2. The monoisotopic (exact) mass is 398 g/mol. The summed E-state index contributed by atoms with van der Waals surface area (Å²) in [6.45, 7) is 11.9. The number of hydrogen-bond acceptors (Lipinski definition) is 2. The Morgan fingerprint density at radius 2 is 1.69 bits per heavy atom. The predicted molar refractivity (Wildman–Crippen MR) is 118 cm³/mol. The van der Waals surface area contributed by atoms with Gasteiger partial charge in [-0.3, -0.25) is 9.59 Å². The molecule has 0 aromatic heterocycles. The molecule has 4 aliphatic carbocycles. The fraction of sp³-hybridized carbons (Fsp3) is 0.852. The van der Waals surface area contributed by atoms with Crippen LogP contribution in [0.3, 0.4) is 0 Å². The molecular weight excluding hydrogens is 356 g/mol. The molecule has 0 radical (unpaired) electrons. The van der Waals surface area contributed by atoms with Crippen molar-refractivity contribution in [1.82, 2.24) is 0 Å². The SMILES string of the molecule is CC(C)C/C=C/[C@@H](C)[C@H]1CC[C@H]2[C@@H]3CC(=O)[C@@H]4CC(=O)CC[C@]4(C)[C@H]3CC[C@]12C. The van der Waals surface area contributed by atoms with Crippen molar-refractivity contribution in [3.63, 3.8) is 0 Å². The average Bonchev–Trinajstić information content (AvgIpc) is 3.00. The highest BCUT2D eigenvalue weighted by molar-refractivity contribution is 5.90. The minimum Gasteiger partial charge on any atom is -0.300 e. The van der Waals surface area contributed by atoms with Gasteiger partial charge in [-0.15, -0.1) is 0 Å². The Labute approximate surface area is 178 Å². The molecule has 4 rings (SSSR count). The van der Waals surface area contributed by atoms with Gasteiger partial charge in [-0.25, -0.2) is 0 Å². The van der Waals surface area contributed by atoms with Crippen LogP contribution in [0, 0.1) is 52.3 Å². The van der Waals surface area contributed by atoms with Crippen molar-refractivity contribution >= 4 is 11.6 Å². The molecule has 162 valence electrons. The smallest absolute Gasteiger partial charge is 0.137 e. The fourth-order valence-electron chi connectivity index (χ4n) is 8.44. The van der Waals surface area contributed by atoms with Crippen molar-refractivity contribution in [2.75, 3.05) is 0 Å². The van der Waals surface area contributed by atoms with Gasteiger partial charge in [0.15, 0.2) is 0 Å². The molecule has 0 aromatic rings. The van der Waals surface area contributed by atoms with Crippen LogP contribution >= 0.6 is 0 Å². The van der Waals surface area contributed by atoms with Crippen molar-refractivity contribution in [1.29, 1.82) is 0 Å². The van der Waals surface area contributed by atoms with E-state index in [1.54, 1.807) is 0 Å². The van der Waals surface area contributed by atoms with Crippen LogP contribution in [0.15, 0.2) is 12.2 Å². The summed E-state index contributed by atoms with van der Waals surface area (Å²) in [7, 11) is 0. The van der Waals surface area contributed by atoms with Gasteiger partial charge >= 0.3 is 0 Å². The third-order valence-corrected chi connectivity index (χ3v) is 10.0. The molecule has 4 aliphatic rings. The third kappa shape index (κ3) is 3.47. The minimum atomic E-state index is 0.0180. The van der Waals surface area contributed by atoms with Gasteiger partial charge in [0.2, 0.25) is 0 Å². The second-order valence-corrected chi connectivity index (χ2v) is 12.0. The van der Waals surface area contributed by atoms with Crippen molar-refractivity contribution in [2.24, 2.45) is 52.3 Å². The van der Waals surface area contributed by atoms with E-state index in [4.69, 9.17) is 0 Å². The Morgan fingerprint density at radius 3 is 2.41 bits per heavy atom. The Kier molecular flexibility index (Phi) is 5.62. The van der Waals surface area contributed by atoms with E-state index in [1.807, 2.05) is 0 Å². The lowest BCUT2D eigenvalue weighted by Crippen LogP contribution is -2.56. The van der Waals surface area contributed by atoms with E-state index in [0.29, 0.717) is 53.5 Å². The Hall–Kier alpha value is -0.920. The van der Waals surface area contributed by atoms with Crippen LogP contribution in [0.5, 0.6) is 0 Å². The number of Topliss-reactive ketones (excluding diaryl/α,β-unsaturated/α-hetero) is 2. The molecule has 0 heterocycles. The van der Waals surface area contributed by atoms with Crippen LogP contribution in [0.4, 0.5) is 0 Å². The summed E-state index contributed by atoms with van der Waals surface area (Å²) >= 11 is 0. The van der Waals surface area contributed by atoms with Gasteiger partial charge in [-0.1, -0.05) is 46.8 Å². The average molecular weight is 399 g/mol. The zero-order valence-corrected chi connectivity index (χ0v) is 19.4. The standard InChI is InChI=1S/C27H42O2/c1-17(2)7-6-8-18(3)21-9-10-22-20-16-25(29)24-15-19(28)11-13-27(24,5)23(20)12-14-26(21,22)4/h6,8,17-18,20-24H,7,9-16H2,1-5H3/b8-6+/t18-,20+,21-,22+,23+,24+,26-,27-/m1/s1. The van der Waals surface area contributed by atoms with Crippen LogP contribution < -0.4 is 0 Å². The van der Waals surface area contributed by atoms with Gasteiger partial charge in [0.25, 0.3) is 0 Å². The number of fused-ring (bicyclic) bond motifs is 5. The molecule has 0 N–H and O–H groups in total. The highest BCUT2D eigenvalue weighted by Crippen LogP contribution is 2.67. The molecule has 2 nitrogen and oxygen atoms in total. The molecule has 0 aromatic carbocycles. The van der Waals surface area contributed by atoms with Gasteiger partial charge in [-0.05, 0) is 84.9 Å². The maximum Gasteiger partial charge on any atom is 0.137 e. The van der Waals surface area contributed by atoms with Gasteiger partial charge in [0.1, 0.15) is 11.6 Å². The quantitative estimate of drug-likeness (QED) is 0.498. The first-order valence-electron chi connectivity index (χ1n) is 12.4. The number of rotatable bonds is 4. The Morgan fingerprint density at radius 1 is 0.966 bits per heavy atom. The summed E-state index contributed by atoms with van der Waals surface area (Å²) in [4.78, 5) is 25.3. The zero-order valence-electron chi connectivity index (χ0n) is 19.4. The largest absolute Gasteiger partial charge is 0.300 e. The molecule has 2 heteroatoms. The summed E-state index contributed by atoms with van der Waals surface area (Å²) < 4.78 is 0. The van der Waals surface area contributed by atoms with Crippen LogP contribution in [-0.4, -0.2) is 11.6 Å². The predicted octanol–water partition coefficient (Wildman–Crippen LogP) is 6.63. The second-order valence-electron chi connectivity index (χ2n) is 12.0. The van der Waals surface area contributed by atoms with Crippen molar-refractivity contribution in [3.05, 3.63) is 12.2 Å². The van der Waals surface area contributed by atoms with E-state index in [1.165, 1.54) is 32.1 Å². The van der Waals surface area contributed by atoms with E-state index in [9.17, 15) is 9.59 Å². The topological polar surface area (TPSA) is 34.1 Å². The summed E-state index contributed by atoms with van der Waals surface area (Å²) in [5.41, 5.74) is 0.465. The highest BCUT2D eigenvalue weighted by atomic mass is 16.1. The lowest BCUT2D eigenvalue weighted by molar-refractivity contribution is -0.158. The molecule has 0 bridgehead atoms. The Bertz CT molecular complexity index is 691. The summed E-state index contributed by atoms with van der Waals surface area (Å²) in [5, 5.41) is 0. The van der Waals surface area contributed by atoms with Crippen molar-refractivity contribution < 1.29 is 9.59 Å². The normalized spacial score (nSPS) is 45.9. The van der Waals surface area contributed by atoms with Crippen LogP contribution in [0.2, 0.25) is 0 Å². The Balaban J connectivity index is 1.55. The summed E-state index contributed by atoms with van der Waals surface area (Å²) in [6.07, 6.45) is 14.2. The van der Waals surface area contributed by atoms with Gasteiger partial charge in [0.05, 0.1) is 0 Å². The van der Waals surface area contributed by atoms with E-state index in [0.717, 1.165) is 24.7 Å². The summed E-state index contributed by atoms with van der Waals surface area (Å²) in [5.74, 6) is 4.79. The molecule has 29 heavy (non-hydrogen) atoms. The van der Waals surface area contributed by atoms with Crippen molar-refractivity contribution in [2.45, 2.75) is 92.4 Å². The third-order valence-electron chi connectivity index (χ3n) is 10.0. The van der Waals surface area contributed by atoms with E-state index in [-0.39, 0.29) is 11.3 Å². The van der Waals surface area contributed by atoms with E-state index >= 15 is 0 Å². The lowest BCUT2D eigenvalue weighted by Gasteiger charge is -2.59. The van der Waals surface area contributed by atoms with Crippen LogP contribution in [0.1, 0.15) is 92.4 Å². The molecular formula is C27H42O2. The highest BCUT2D eigenvalue weighted by Gasteiger charge is 2.62. The first-order valence-corrected chi connectivity index (χ1v) is 12.4. The van der Waals surface area contributed by atoms with Crippen molar-refractivity contribution in [3.8, 4) is 0 Å². The minimum absolute atomic E-state index is 0.0180. The molecule has 4 fully saturated rings.